The van der Waals surface area contributed by atoms with Gasteiger partial charge in [0.15, 0.2) is 0 Å². The zero-order valence-corrected chi connectivity index (χ0v) is 17.8. The van der Waals surface area contributed by atoms with Crippen LogP contribution in [0.5, 0.6) is 5.75 Å². The summed E-state index contributed by atoms with van der Waals surface area (Å²) in [5, 5.41) is 2.93. The Hall–Kier alpha value is -3.39. The lowest BCUT2D eigenvalue weighted by molar-refractivity contribution is -0.139. The van der Waals surface area contributed by atoms with E-state index in [9.17, 15) is 22.4 Å². The Balaban J connectivity index is 1.88. The monoisotopic (exact) mass is 466 g/mol. The van der Waals surface area contributed by atoms with Crippen molar-refractivity contribution in [1.29, 1.82) is 0 Å². The highest BCUT2D eigenvalue weighted by atomic mass is 32.2. The van der Waals surface area contributed by atoms with E-state index < -0.39 is 24.4 Å². The van der Waals surface area contributed by atoms with Gasteiger partial charge in [0.1, 0.15) is 23.6 Å². The van der Waals surface area contributed by atoms with E-state index in [2.05, 4.69) is 22.1 Å². The van der Waals surface area contributed by atoms with Gasteiger partial charge in [-0.2, -0.15) is 13.2 Å². The Bertz CT molecular complexity index is 1230. The second-order valence-corrected chi connectivity index (χ2v) is 7.43. The van der Waals surface area contributed by atoms with Crippen molar-refractivity contribution in [3.05, 3.63) is 47.5 Å². The molecule has 168 valence electrons. The predicted molar refractivity (Wildman–Crippen MR) is 114 cm³/mol. The SMILES string of the molecule is COc1cc(SC)c(F)cc1NCC#Cc1cc(C(N)=O)c2ncn(CC(F)(F)F)c2c1. The number of carbonyl (C=O) groups is 1. The van der Waals surface area contributed by atoms with Crippen molar-refractivity contribution < 1.29 is 27.1 Å². The van der Waals surface area contributed by atoms with Gasteiger partial charge in [-0.15, -0.1) is 11.8 Å². The van der Waals surface area contributed by atoms with E-state index in [1.165, 1.54) is 37.1 Å². The van der Waals surface area contributed by atoms with Crippen LogP contribution in [0.2, 0.25) is 0 Å². The molecule has 11 heteroatoms. The van der Waals surface area contributed by atoms with Crippen molar-refractivity contribution in [3.63, 3.8) is 0 Å². The molecule has 0 spiro atoms. The van der Waals surface area contributed by atoms with Crippen molar-refractivity contribution in [3.8, 4) is 17.6 Å². The number of anilines is 1. The number of fused-ring (bicyclic) bond motifs is 1. The highest BCUT2D eigenvalue weighted by Crippen LogP contribution is 2.32. The molecule has 0 unspecified atom stereocenters. The number of benzene rings is 2. The first kappa shape index (κ1) is 23.3. The third-order valence-corrected chi connectivity index (χ3v) is 5.17. The van der Waals surface area contributed by atoms with Gasteiger partial charge in [0.05, 0.1) is 36.7 Å². The number of primary amides is 1. The minimum atomic E-state index is -4.47. The fraction of sp³-hybridized carbons (Fsp3) is 0.238. The van der Waals surface area contributed by atoms with Crippen LogP contribution in [0.25, 0.3) is 11.0 Å². The molecular formula is C21H18F4N4O2S. The standard InChI is InChI=1S/C21H18F4N4O2S/c1-31-17-9-18(32-2)14(22)8-15(17)27-5-3-4-12-6-13(20(26)30)19-16(7-12)29(11-28-19)10-21(23,24)25/h6-9,11,27H,5,10H2,1-2H3,(H2,26,30). The normalized spacial score (nSPS) is 11.2. The molecule has 6 nitrogen and oxygen atoms in total. The maximum atomic E-state index is 14.0. The van der Waals surface area contributed by atoms with Crippen molar-refractivity contribution in [1.82, 2.24) is 9.55 Å². The van der Waals surface area contributed by atoms with Crippen molar-refractivity contribution in [2.45, 2.75) is 17.6 Å². The highest BCUT2D eigenvalue weighted by Gasteiger charge is 2.29. The van der Waals surface area contributed by atoms with E-state index in [1.54, 1.807) is 12.3 Å². The van der Waals surface area contributed by atoms with Crippen molar-refractivity contribution >= 4 is 34.4 Å². The van der Waals surface area contributed by atoms with Gasteiger partial charge in [-0.25, -0.2) is 9.37 Å². The number of aromatic nitrogens is 2. The van der Waals surface area contributed by atoms with Gasteiger partial charge in [-0.05, 0) is 24.5 Å². The molecule has 0 radical (unpaired) electrons. The number of halogens is 4. The van der Waals surface area contributed by atoms with Crippen LogP contribution in [0.15, 0.2) is 35.5 Å². The van der Waals surface area contributed by atoms with Gasteiger partial charge in [-0.3, -0.25) is 4.79 Å². The lowest BCUT2D eigenvalue weighted by Gasteiger charge is -2.11. The molecule has 0 aliphatic carbocycles. The number of amides is 1. The molecule has 2 aromatic carbocycles. The molecule has 0 bridgehead atoms. The van der Waals surface area contributed by atoms with Crippen LogP contribution in [0.3, 0.4) is 0 Å². The first-order chi connectivity index (χ1) is 15.1. The van der Waals surface area contributed by atoms with Crippen molar-refractivity contribution in [2.24, 2.45) is 5.73 Å². The van der Waals surface area contributed by atoms with Gasteiger partial charge in [-0.1, -0.05) is 11.8 Å². The van der Waals surface area contributed by atoms with Crippen LogP contribution >= 0.6 is 11.8 Å². The smallest absolute Gasteiger partial charge is 0.406 e. The molecule has 32 heavy (non-hydrogen) atoms. The fourth-order valence-electron chi connectivity index (χ4n) is 3.03. The molecule has 3 aromatic rings. The van der Waals surface area contributed by atoms with E-state index in [1.807, 2.05) is 0 Å². The molecule has 0 saturated carbocycles. The summed E-state index contributed by atoms with van der Waals surface area (Å²) in [5.74, 6) is 4.76. The van der Waals surface area contributed by atoms with Gasteiger partial charge < -0.3 is 20.4 Å². The summed E-state index contributed by atoms with van der Waals surface area (Å²) < 4.78 is 58.7. The molecule has 1 amide bonds. The first-order valence-corrected chi connectivity index (χ1v) is 10.3. The number of nitrogens with one attached hydrogen (secondary N) is 1. The maximum absolute atomic E-state index is 14.0. The Kier molecular flexibility index (Phi) is 6.84. The van der Waals surface area contributed by atoms with E-state index in [4.69, 9.17) is 10.5 Å². The summed E-state index contributed by atoms with van der Waals surface area (Å²) >= 11 is 1.24. The number of carbonyl (C=O) groups excluding carboxylic acids is 1. The molecule has 1 aromatic heterocycles. The Labute approximate surface area is 185 Å². The quantitative estimate of drug-likeness (QED) is 0.326. The average Bonchev–Trinajstić information content (AvgIpc) is 3.11. The molecule has 0 fully saturated rings. The number of methoxy groups -OCH3 is 1. The van der Waals surface area contributed by atoms with E-state index >= 15 is 0 Å². The maximum Gasteiger partial charge on any atom is 0.406 e. The summed E-state index contributed by atoms with van der Waals surface area (Å²) in [6.45, 7) is -1.18. The molecule has 0 aliphatic rings. The van der Waals surface area contributed by atoms with Crippen LogP contribution in [0.1, 0.15) is 15.9 Å². The van der Waals surface area contributed by atoms with Gasteiger partial charge in [0.2, 0.25) is 0 Å². The molecule has 0 atom stereocenters. The molecule has 0 saturated heterocycles. The second kappa shape index (κ2) is 9.40. The summed E-state index contributed by atoms with van der Waals surface area (Å²) in [4.78, 5) is 16.1. The molecular weight excluding hydrogens is 448 g/mol. The van der Waals surface area contributed by atoms with Crippen LogP contribution < -0.4 is 15.8 Å². The van der Waals surface area contributed by atoms with E-state index in [0.29, 0.717) is 16.3 Å². The Morgan fingerprint density at radius 3 is 2.69 bits per heavy atom. The van der Waals surface area contributed by atoms with Crippen molar-refractivity contribution in [2.75, 3.05) is 25.2 Å². The van der Waals surface area contributed by atoms with E-state index in [-0.39, 0.29) is 28.7 Å². The average molecular weight is 466 g/mol. The first-order valence-electron chi connectivity index (χ1n) is 9.12. The van der Waals surface area contributed by atoms with Crippen LogP contribution in [0.4, 0.5) is 23.2 Å². The zero-order valence-electron chi connectivity index (χ0n) is 17.0. The number of hydrogen-bond acceptors (Lipinski definition) is 5. The number of nitrogens with two attached hydrogens (primary N) is 1. The lowest BCUT2D eigenvalue weighted by Crippen LogP contribution is -2.17. The van der Waals surface area contributed by atoms with Gasteiger partial charge in [0, 0.05) is 16.5 Å². The number of imidazole rings is 1. The number of hydrogen-bond donors (Lipinski definition) is 2. The third-order valence-electron chi connectivity index (χ3n) is 4.41. The summed E-state index contributed by atoms with van der Waals surface area (Å²) in [7, 11) is 1.46. The largest absolute Gasteiger partial charge is 0.495 e. The topological polar surface area (TPSA) is 82.2 Å². The minimum absolute atomic E-state index is 0.0305. The summed E-state index contributed by atoms with van der Waals surface area (Å²) in [5.41, 5.74) is 6.17. The van der Waals surface area contributed by atoms with Crippen LogP contribution in [0, 0.1) is 17.7 Å². The third kappa shape index (κ3) is 5.26. The van der Waals surface area contributed by atoms with E-state index in [0.717, 1.165) is 10.9 Å². The minimum Gasteiger partial charge on any atom is -0.495 e. The molecule has 3 N–H and O–H groups in total. The Morgan fingerprint density at radius 2 is 2.06 bits per heavy atom. The number of nitrogens with zero attached hydrogens (tertiary/aromatic N) is 2. The number of alkyl halides is 3. The molecule has 0 aliphatic heterocycles. The van der Waals surface area contributed by atoms with Crippen LogP contribution in [-0.4, -0.2) is 41.5 Å². The Morgan fingerprint density at radius 1 is 1.31 bits per heavy atom. The number of ether oxygens (including phenoxy) is 1. The lowest BCUT2D eigenvalue weighted by atomic mass is 10.1. The summed E-state index contributed by atoms with van der Waals surface area (Å²) in [6.07, 6.45) is -1.72. The molecule has 1 heterocycles. The molecule has 3 rings (SSSR count). The van der Waals surface area contributed by atoms with Gasteiger partial charge >= 0.3 is 6.18 Å². The number of rotatable bonds is 6. The second-order valence-electron chi connectivity index (χ2n) is 6.59. The zero-order chi connectivity index (χ0) is 23.5. The summed E-state index contributed by atoms with van der Waals surface area (Å²) in [6, 6.07) is 5.63. The predicted octanol–water partition coefficient (Wildman–Crippen LogP) is 4.03. The fourth-order valence-corrected chi connectivity index (χ4v) is 3.51. The highest BCUT2D eigenvalue weighted by molar-refractivity contribution is 7.98. The van der Waals surface area contributed by atoms with Gasteiger partial charge in [0.25, 0.3) is 5.91 Å². The number of thioether (sulfide) groups is 1. The van der Waals surface area contributed by atoms with Crippen LogP contribution in [-0.2, 0) is 6.54 Å².